The summed E-state index contributed by atoms with van der Waals surface area (Å²) >= 11 is 4.97. The number of pyridine rings is 2. The van der Waals surface area contributed by atoms with Crippen molar-refractivity contribution in [1.29, 1.82) is 0 Å². The van der Waals surface area contributed by atoms with Crippen molar-refractivity contribution >= 4 is 60.3 Å². The highest BCUT2D eigenvalue weighted by Gasteiger charge is 2.26. The Hall–Kier alpha value is -3.61. The molecule has 0 N–H and O–H groups in total. The first-order valence-electron chi connectivity index (χ1n) is 12.7. The zero-order valence-corrected chi connectivity index (χ0v) is 23.9. The van der Waals surface area contributed by atoms with Gasteiger partial charge >= 0.3 is 0 Å². The van der Waals surface area contributed by atoms with Gasteiger partial charge in [0, 0.05) is 29.7 Å². The molecule has 6 rings (SSSR count). The minimum Gasteiger partial charge on any atom is -0.264 e. The number of hydrogen-bond donors (Lipinski definition) is 1. The fraction of sp³-hybridized carbons (Fsp3) is 0. The monoisotopic (exact) mass is 556 g/mol. The fourth-order valence-electron chi connectivity index (χ4n) is 4.82. The zero-order chi connectivity index (χ0) is 26.4. The van der Waals surface area contributed by atoms with Gasteiger partial charge < -0.3 is 0 Å². The van der Waals surface area contributed by atoms with Crippen LogP contribution < -0.4 is 31.8 Å². The van der Waals surface area contributed by atoms with Crippen LogP contribution in [0.2, 0.25) is 0 Å². The van der Waals surface area contributed by atoms with E-state index in [1.165, 1.54) is 31.8 Å². The molecule has 4 aromatic carbocycles. The highest BCUT2D eigenvalue weighted by atomic mass is 32.1. The fourth-order valence-corrected chi connectivity index (χ4v) is 10.1. The molecule has 0 aliphatic heterocycles. The molecule has 5 heteroatoms. The summed E-state index contributed by atoms with van der Waals surface area (Å²) in [6.45, 7) is 0. The summed E-state index contributed by atoms with van der Waals surface area (Å²) in [4.78, 5) is 9.32. The summed E-state index contributed by atoms with van der Waals surface area (Å²) < 4.78 is 0. The van der Waals surface area contributed by atoms with E-state index in [1.54, 1.807) is 0 Å². The van der Waals surface area contributed by atoms with Gasteiger partial charge in [-0.05, 0) is 59.8 Å². The first-order chi connectivity index (χ1) is 19.3. The van der Waals surface area contributed by atoms with E-state index in [1.807, 2.05) is 18.6 Å². The van der Waals surface area contributed by atoms with E-state index in [-0.39, 0.29) is 0 Å². The van der Waals surface area contributed by atoms with Gasteiger partial charge in [0.2, 0.25) is 0 Å². The smallest absolute Gasteiger partial charge is 0.101 e. The quantitative estimate of drug-likeness (QED) is 0.194. The number of benzene rings is 4. The average molecular weight is 557 g/mol. The molecule has 0 unspecified atom stereocenters. The van der Waals surface area contributed by atoms with Crippen molar-refractivity contribution in [3.8, 4) is 11.1 Å². The summed E-state index contributed by atoms with van der Waals surface area (Å²) in [7, 11) is -1.69. The third-order valence-electron chi connectivity index (χ3n) is 6.52. The Morgan fingerprint density at radius 3 is 1.33 bits per heavy atom. The average Bonchev–Trinajstić information content (AvgIpc) is 3.00. The minimum atomic E-state index is -0.856. The SMILES string of the molecule is Sc1nccc(P(c2ccccc2)c2ccccc2)c1-c1cnccc1P(c1ccccc1)c1ccccc1. The van der Waals surface area contributed by atoms with Crippen LogP contribution in [0.4, 0.5) is 0 Å². The van der Waals surface area contributed by atoms with E-state index >= 15 is 0 Å². The van der Waals surface area contributed by atoms with Crippen molar-refractivity contribution in [2.24, 2.45) is 0 Å². The predicted molar refractivity (Wildman–Crippen MR) is 172 cm³/mol. The lowest BCUT2D eigenvalue weighted by Gasteiger charge is -2.26. The molecule has 0 bridgehead atoms. The Labute approximate surface area is 237 Å². The summed E-state index contributed by atoms with van der Waals surface area (Å²) in [5.41, 5.74) is 2.14. The largest absolute Gasteiger partial charge is 0.264 e. The van der Waals surface area contributed by atoms with Gasteiger partial charge in [-0.15, -0.1) is 12.6 Å². The van der Waals surface area contributed by atoms with Crippen molar-refractivity contribution in [2.45, 2.75) is 5.03 Å². The van der Waals surface area contributed by atoms with E-state index in [2.05, 4.69) is 143 Å². The normalized spacial score (nSPS) is 11.2. The minimum absolute atomic E-state index is 0.720. The maximum absolute atomic E-state index is 4.97. The van der Waals surface area contributed by atoms with Crippen LogP contribution in [0.3, 0.4) is 0 Å². The van der Waals surface area contributed by atoms with Gasteiger partial charge in [0.1, 0.15) is 5.03 Å². The molecule has 0 aliphatic carbocycles. The second-order valence-electron chi connectivity index (χ2n) is 8.93. The van der Waals surface area contributed by atoms with Gasteiger partial charge in [-0.2, -0.15) is 0 Å². The number of nitrogens with zero attached hydrogens (tertiary/aromatic N) is 2. The van der Waals surface area contributed by atoms with Gasteiger partial charge in [-0.3, -0.25) is 4.98 Å². The molecule has 0 spiro atoms. The van der Waals surface area contributed by atoms with Gasteiger partial charge in [-0.1, -0.05) is 121 Å². The third kappa shape index (κ3) is 5.45. The van der Waals surface area contributed by atoms with E-state index in [4.69, 9.17) is 12.6 Å². The molecule has 0 radical (unpaired) electrons. The molecule has 2 nitrogen and oxygen atoms in total. The van der Waals surface area contributed by atoms with Crippen LogP contribution in [0.25, 0.3) is 11.1 Å². The maximum atomic E-state index is 4.97. The summed E-state index contributed by atoms with van der Waals surface area (Å²) in [6, 6.07) is 47.5. The topological polar surface area (TPSA) is 25.8 Å². The van der Waals surface area contributed by atoms with Crippen molar-refractivity contribution in [2.75, 3.05) is 0 Å². The van der Waals surface area contributed by atoms with E-state index in [0.29, 0.717) is 0 Å². The van der Waals surface area contributed by atoms with Gasteiger partial charge in [0.05, 0.1) is 0 Å². The number of rotatable bonds is 7. The van der Waals surface area contributed by atoms with Crippen LogP contribution in [0.1, 0.15) is 0 Å². The standard InChI is InChI=1S/C34H26N2P2S/c39-34-33(32(22-24-36-34)38(28-17-9-3-10-18-28)29-19-11-4-12-20-29)30-25-35-23-21-31(30)37(26-13-5-1-6-14-26)27-15-7-2-8-16-27/h1-25H,(H,36,39). The van der Waals surface area contributed by atoms with Gasteiger partial charge in [-0.25, -0.2) is 4.98 Å². The summed E-state index contributed by atoms with van der Waals surface area (Å²) in [6.07, 6.45) is 5.79. The Balaban J connectivity index is 1.61. The van der Waals surface area contributed by atoms with Crippen LogP contribution in [-0.2, 0) is 0 Å². The Morgan fingerprint density at radius 2 is 0.872 bits per heavy atom. The molecule has 0 saturated heterocycles. The van der Waals surface area contributed by atoms with Crippen LogP contribution in [0.5, 0.6) is 0 Å². The lowest BCUT2D eigenvalue weighted by atomic mass is 10.1. The highest BCUT2D eigenvalue weighted by Crippen LogP contribution is 2.42. The Morgan fingerprint density at radius 1 is 0.462 bits per heavy atom. The number of hydrogen-bond acceptors (Lipinski definition) is 3. The lowest BCUT2D eigenvalue weighted by Crippen LogP contribution is -2.26. The van der Waals surface area contributed by atoms with Gasteiger partial charge in [0.25, 0.3) is 0 Å². The van der Waals surface area contributed by atoms with E-state index in [9.17, 15) is 0 Å². The molecule has 2 heterocycles. The molecule has 0 saturated carbocycles. The van der Waals surface area contributed by atoms with Crippen molar-refractivity contribution in [3.63, 3.8) is 0 Å². The van der Waals surface area contributed by atoms with E-state index in [0.717, 1.165) is 16.2 Å². The van der Waals surface area contributed by atoms with E-state index < -0.39 is 15.8 Å². The zero-order valence-electron chi connectivity index (χ0n) is 21.2. The van der Waals surface area contributed by atoms with Gasteiger partial charge in [0.15, 0.2) is 0 Å². The second-order valence-corrected chi connectivity index (χ2v) is 13.7. The molecular weight excluding hydrogens is 530 g/mol. The highest BCUT2D eigenvalue weighted by molar-refractivity contribution is 7.81. The van der Waals surface area contributed by atoms with Crippen molar-refractivity contribution in [3.05, 3.63) is 152 Å². The Kier molecular flexibility index (Phi) is 7.93. The molecule has 188 valence electrons. The molecule has 2 aromatic heterocycles. The molecule has 0 amide bonds. The number of aromatic nitrogens is 2. The van der Waals surface area contributed by atoms with Crippen LogP contribution in [0.15, 0.2) is 157 Å². The first kappa shape index (κ1) is 25.7. The third-order valence-corrected chi connectivity index (χ3v) is 11.8. The maximum Gasteiger partial charge on any atom is 0.101 e. The molecule has 39 heavy (non-hydrogen) atoms. The summed E-state index contributed by atoms with van der Waals surface area (Å²) in [5, 5.41) is 8.37. The predicted octanol–water partition coefficient (Wildman–Crippen LogP) is 5.95. The summed E-state index contributed by atoms with van der Waals surface area (Å²) in [5.74, 6) is 0. The molecular formula is C34H26N2P2S. The number of thiol groups is 1. The molecule has 0 aliphatic rings. The van der Waals surface area contributed by atoms with Crippen LogP contribution >= 0.6 is 28.5 Å². The lowest BCUT2D eigenvalue weighted by molar-refractivity contribution is 1.15. The van der Waals surface area contributed by atoms with Crippen LogP contribution in [0, 0.1) is 0 Å². The molecule has 0 fully saturated rings. The van der Waals surface area contributed by atoms with Crippen molar-refractivity contribution in [1.82, 2.24) is 9.97 Å². The molecule has 0 atom stereocenters. The Bertz CT molecular complexity index is 1590. The second kappa shape index (κ2) is 12.1. The van der Waals surface area contributed by atoms with Crippen molar-refractivity contribution < 1.29 is 0 Å². The van der Waals surface area contributed by atoms with Crippen LogP contribution in [-0.4, -0.2) is 9.97 Å². The first-order valence-corrected chi connectivity index (χ1v) is 15.9. The molecule has 6 aromatic rings.